The predicted molar refractivity (Wildman–Crippen MR) is 526 cm³/mol. The first-order chi connectivity index (χ1) is 63.5. The van der Waals surface area contributed by atoms with Gasteiger partial charge in [-0.2, -0.15) is 0 Å². The molecule has 0 N–H and O–H groups in total. The fraction of sp³-hybridized carbons (Fsp3) is 0.0169. The summed E-state index contributed by atoms with van der Waals surface area (Å²) in [5.41, 5.74) is 33.4. The van der Waals surface area contributed by atoms with Crippen LogP contribution >= 0.6 is 23.5 Å². The van der Waals surface area contributed by atoms with Crippen molar-refractivity contribution in [2.24, 2.45) is 0 Å². The quantitative estimate of drug-likeness (QED) is 0.151. The van der Waals surface area contributed by atoms with E-state index in [1.54, 1.807) is 0 Å². The van der Waals surface area contributed by atoms with Gasteiger partial charge in [0.05, 0.1) is 89.1 Å². The number of benzene rings is 18. The first-order valence-electron chi connectivity index (χ1n) is 43.7. The maximum Gasteiger partial charge on any atom is 0.160 e. The predicted octanol–water partition coefficient (Wildman–Crippen LogP) is 29.7. The van der Waals surface area contributed by atoms with Crippen molar-refractivity contribution in [3.8, 4) is 90.6 Å². The van der Waals surface area contributed by atoms with E-state index in [9.17, 15) is 0 Å². The fourth-order valence-corrected chi connectivity index (χ4v) is 24.4. The van der Waals surface area contributed by atoms with Crippen LogP contribution in [0.3, 0.4) is 0 Å². The number of hydrogen-bond donors (Lipinski definition) is 0. The smallest absolute Gasteiger partial charge is 0.160 e. The molecule has 10 heterocycles. The van der Waals surface area contributed by atoms with Crippen molar-refractivity contribution in [1.82, 2.24) is 38.2 Å². The molecule has 10 heteroatoms. The summed E-state index contributed by atoms with van der Waals surface area (Å²) in [6.07, 6.45) is 0. The van der Waals surface area contributed by atoms with Crippen LogP contribution < -0.4 is 0 Å². The summed E-state index contributed by atoms with van der Waals surface area (Å²) in [6, 6.07) is 159. The lowest BCUT2D eigenvalue weighted by molar-refractivity contribution is 0.691. The number of rotatable bonds is 8. The molecule has 2 atom stereocenters. The molecule has 28 rings (SSSR count). The highest BCUT2D eigenvalue weighted by Crippen LogP contribution is 2.65. The molecule has 4 aliphatic rings. The zero-order valence-corrected chi connectivity index (χ0v) is 70.6. The first-order valence-corrected chi connectivity index (χ1v) is 45.3. The van der Waals surface area contributed by atoms with Crippen LogP contribution in [-0.4, -0.2) is 38.2 Å². The van der Waals surface area contributed by atoms with Gasteiger partial charge in [-0.25, -0.2) is 19.9 Å². The third-order valence-corrected chi connectivity index (χ3v) is 29.5. The van der Waals surface area contributed by atoms with Gasteiger partial charge in [0.15, 0.2) is 11.6 Å². The number of para-hydroxylation sites is 8. The van der Waals surface area contributed by atoms with Crippen LogP contribution in [0.15, 0.2) is 456 Å². The molecule has 24 aromatic rings. The molecule has 0 saturated heterocycles. The van der Waals surface area contributed by atoms with Gasteiger partial charge in [-0.05, 0) is 142 Å². The topological polar surface area (TPSA) is 71.3 Å². The van der Waals surface area contributed by atoms with Crippen molar-refractivity contribution in [3.05, 3.63) is 481 Å². The minimum Gasteiger partial charge on any atom is -0.309 e. The Morgan fingerprint density at radius 3 is 1.04 bits per heavy atom. The summed E-state index contributed by atoms with van der Waals surface area (Å²) >= 11 is 3.80. The summed E-state index contributed by atoms with van der Waals surface area (Å²) < 4.78 is 9.99. The highest BCUT2D eigenvalue weighted by atomic mass is 32.2. The number of fused-ring (bicyclic) bond motifs is 29. The highest BCUT2D eigenvalue weighted by Gasteiger charge is 2.52. The normalized spacial score (nSPS) is 14.9. The van der Waals surface area contributed by atoms with Crippen molar-refractivity contribution >= 4 is 111 Å². The van der Waals surface area contributed by atoms with Gasteiger partial charge in [-0.1, -0.05) is 363 Å². The molecule has 18 aromatic carbocycles. The molecule has 4 aliphatic heterocycles. The largest absolute Gasteiger partial charge is 0.309 e. The van der Waals surface area contributed by atoms with Crippen LogP contribution in [0.1, 0.15) is 44.5 Å². The standard InChI is InChI=1S/2C59H36N4S/c1-3-17-37(18-4-1)49-35-50(61-58(60-49)38-19-5-2-6-20-38)39-21-15-22-40(33-39)62-51-29-11-8-24-42(51)44-34-48-56(36-54(44)62)64-55-32-14-10-27-46(55)59(48)45-26-9-13-31-53(45)63-52-30-12-7-23-41(52)43-25-16-28-47(59)57(43)63;1-3-17-37(18-4-1)49-36-50(61-58(60-49)38-19-5-2-6-20-38)39-21-15-22-40(35-39)62-51-29-11-7-24-42(51)44-33-34-48-57(56(44)62)64-54-32-14-10-27-46(54)59(48)45-26-9-13-31-53(45)63-52-30-12-8-23-41(52)43-25-16-28-47(59)55(43)63/h2*1-36H. The van der Waals surface area contributed by atoms with Gasteiger partial charge in [0.1, 0.15) is 0 Å². The van der Waals surface area contributed by atoms with Crippen molar-refractivity contribution in [2.45, 2.75) is 30.4 Å². The van der Waals surface area contributed by atoms with Crippen LogP contribution in [0.25, 0.3) is 178 Å². The first kappa shape index (κ1) is 72.5. The minimum atomic E-state index is -0.586. The van der Waals surface area contributed by atoms with Gasteiger partial charge in [-0.15, -0.1) is 0 Å². The molecular formula is C118H72N8S2. The Labute approximate surface area is 745 Å². The van der Waals surface area contributed by atoms with Crippen molar-refractivity contribution in [3.63, 3.8) is 0 Å². The molecule has 2 unspecified atom stereocenters. The average Bonchev–Trinajstić information content (AvgIpc) is 1.39. The van der Waals surface area contributed by atoms with Crippen molar-refractivity contribution in [2.75, 3.05) is 0 Å². The van der Waals surface area contributed by atoms with E-state index >= 15 is 0 Å². The van der Waals surface area contributed by atoms with Gasteiger partial charge >= 0.3 is 0 Å². The summed E-state index contributed by atoms with van der Waals surface area (Å²) in [4.78, 5) is 25.7. The lowest BCUT2D eigenvalue weighted by Crippen LogP contribution is -2.37. The molecule has 0 amide bonds. The van der Waals surface area contributed by atoms with Gasteiger partial charge in [-0.3, -0.25) is 0 Å². The van der Waals surface area contributed by atoms with Gasteiger partial charge < -0.3 is 18.3 Å². The molecule has 0 aliphatic carbocycles. The van der Waals surface area contributed by atoms with E-state index in [0.29, 0.717) is 11.6 Å². The molecule has 2 spiro atoms. The van der Waals surface area contributed by atoms with E-state index in [-0.39, 0.29) is 0 Å². The monoisotopic (exact) mass is 1660 g/mol. The molecule has 128 heavy (non-hydrogen) atoms. The van der Waals surface area contributed by atoms with E-state index in [4.69, 9.17) is 19.9 Å². The SMILES string of the molecule is c1ccc(-c2cc(-c3cccc(-n4c5ccccc5c5cc6c(cc54)Sc4ccccc4C64c5ccccc5-n5c6ccccc6c6cccc4c65)c3)nc(-c3ccccc3)n2)cc1.c1ccc(-c2cc(-c3cccc(-n4c5ccccc5c5ccc6c(c54)Sc4ccccc4C64c5ccccc5-n5c6ccccc6c6cccc4c65)c3)nc(-c3ccccc3)n2)cc1. The van der Waals surface area contributed by atoms with E-state index in [1.807, 2.05) is 72.1 Å². The summed E-state index contributed by atoms with van der Waals surface area (Å²) in [5.74, 6) is 1.41. The Hall–Kier alpha value is -16.0. The maximum absolute atomic E-state index is 5.25. The van der Waals surface area contributed by atoms with E-state index < -0.39 is 10.8 Å². The summed E-state index contributed by atoms with van der Waals surface area (Å²) in [7, 11) is 0. The van der Waals surface area contributed by atoms with Crippen LogP contribution in [-0.2, 0) is 10.8 Å². The Bertz CT molecular complexity index is 8670. The van der Waals surface area contributed by atoms with Crippen LogP contribution in [0.4, 0.5) is 0 Å². The number of nitrogens with zero attached hydrogens (tertiary/aromatic N) is 8. The summed E-state index contributed by atoms with van der Waals surface area (Å²) in [5, 5.41) is 10.0. The Kier molecular flexibility index (Phi) is 16.0. The average molecular weight is 1670 g/mol. The second-order valence-electron chi connectivity index (χ2n) is 33.7. The molecule has 0 fully saturated rings. The van der Waals surface area contributed by atoms with E-state index in [1.165, 1.54) is 157 Å². The third-order valence-electron chi connectivity index (χ3n) is 27.1. The molecule has 8 nitrogen and oxygen atoms in total. The molecule has 596 valence electrons. The number of aromatic nitrogens is 8. The third kappa shape index (κ3) is 10.5. The van der Waals surface area contributed by atoms with Gasteiger partial charge in [0, 0.05) is 107 Å². The van der Waals surface area contributed by atoms with E-state index in [0.717, 1.165) is 73.0 Å². The van der Waals surface area contributed by atoms with E-state index in [2.05, 4.69) is 407 Å². The molecule has 0 radical (unpaired) electrons. The molecule has 6 aromatic heterocycles. The lowest BCUT2D eigenvalue weighted by Gasteiger charge is -2.45. The van der Waals surface area contributed by atoms with Crippen LogP contribution in [0.5, 0.6) is 0 Å². The van der Waals surface area contributed by atoms with Crippen molar-refractivity contribution in [1.29, 1.82) is 0 Å². The second-order valence-corrected chi connectivity index (χ2v) is 35.9. The Morgan fingerprint density at radius 2 is 0.539 bits per heavy atom. The molecule has 0 saturated carbocycles. The maximum atomic E-state index is 5.25. The minimum absolute atomic E-state index is 0.561. The number of hydrogen-bond acceptors (Lipinski definition) is 6. The molecule has 0 bridgehead atoms. The van der Waals surface area contributed by atoms with Gasteiger partial charge in [0.2, 0.25) is 0 Å². The highest BCUT2D eigenvalue weighted by molar-refractivity contribution is 8.00. The second kappa shape index (κ2) is 28.3. The molecular weight excluding hydrogens is 1590 g/mol. The Morgan fingerprint density at radius 1 is 0.188 bits per heavy atom. The van der Waals surface area contributed by atoms with Crippen LogP contribution in [0.2, 0.25) is 0 Å². The lowest BCUT2D eigenvalue weighted by atomic mass is 9.62. The summed E-state index contributed by atoms with van der Waals surface area (Å²) in [6.45, 7) is 0. The zero-order chi connectivity index (χ0) is 83.9. The zero-order valence-electron chi connectivity index (χ0n) is 69.0. The fourth-order valence-electron chi connectivity index (χ4n) is 21.9. The Balaban J connectivity index is 0.000000132. The van der Waals surface area contributed by atoms with Gasteiger partial charge in [0.25, 0.3) is 0 Å². The van der Waals surface area contributed by atoms with Crippen molar-refractivity contribution < 1.29 is 0 Å². The van der Waals surface area contributed by atoms with Crippen LogP contribution in [0, 0.1) is 0 Å².